The smallest absolute Gasteiger partial charge is 0.0547 e. The van der Waals surface area contributed by atoms with Gasteiger partial charge in [0, 0.05) is 38.2 Å². The van der Waals surface area contributed by atoms with Crippen LogP contribution in [0.1, 0.15) is 19.8 Å². The van der Waals surface area contributed by atoms with Gasteiger partial charge in [-0.3, -0.25) is 0 Å². The standard InChI is InChI=1S/C14H31N3O/c1-5-7-17(9-8-16(3)4)12-14(11-15-2)6-10-18-13-14/h15H,5-13H2,1-4H3. The minimum absolute atomic E-state index is 0.330. The van der Waals surface area contributed by atoms with Crippen molar-refractivity contribution >= 4 is 0 Å². The van der Waals surface area contributed by atoms with E-state index in [0.717, 1.165) is 39.4 Å². The minimum Gasteiger partial charge on any atom is -0.381 e. The first-order chi connectivity index (χ1) is 8.62. The van der Waals surface area contributed by atoms with Gasteiger partial charge in [-0.05, 0) is 40.5 Å². The molecule has 0 amide bonds. The fourth-order valence-corrected chi connectivity index (χ4v) is 2.75. The molecule has 1 atom stereocenters. The number of hydrogen-bond donors (Lipinski definition) is 1. The largest absolute Gasteiger partial charge is 0.381 e. The molecule has 18 heavy (non-hydrogen) atoms. The average Bonchev–Trinajstić information content (AvgIpc) is 2.75. The van der Waals surface area contributed by atoms with Gasteiger partial charge in [0.1, 0.15) is 0 Å². The SMILES string of the molecule is CCCN(CCN(C)C)CC1(CNC)CCOC1. The van der Waals surface area contributed by atoms with Crippen LogP contribution in [0.15, 0.2) is 0 Å². The van der Waals surface area contributed by atoms with E-state index in [2.05, 4.69) is 36.1 Å². The fraction of sp³-hybridized carbons (Fsp3) is 1.00. The highest BCUT2D eigenvalue weighted by Gasteiger charge is 2.35. The number of nitrogens with one attached hydrogen (secondary N) is 1. The maximum atomic E-state index is 5.64. The highest BCUT2D eigenvalue weighted by Crippen LogP contribution is 2.29. The molecule has 0 aromatic heterocycles. The van der Waals surface area contributed by atoms with Crippen molar-refractivity contribution in [2.24, 2.45) is 5.41 Å². The van der Waals surface area contributed by atoms with Crippen molar-refractivity contribution in [3.8, 4) is 0 Å². The summed E-state index contributed by atoms with van der Waals surface area (Å²) >= 11 is 0. The Bertz CT molecular complexity index is 215. The number of hydrogen-bond acceptors (Lipinski definition) is 4. The van der Waals surface area contributed by atoms with Gasteiger partial charge in [-0.2, -0.15) is 0 Å². The Labute approximate surface area is 113 Å². The van der Waals surface area contributed by atoms with Crippen LogP contribution in [0.4, 0.5) is 0 Å². The van der Waals surface area contributed by atoms with Crippen molar-refractivity contribution in [1.82, 2.24) is 15.1 Å². The molecule has 0 spiro atoms. The van der Waals surface area contributed by atoms with E-state index in [9.17, 15) is 0 Å². The number of nitrogens with zero attached hydrogens (tertiary/aromatic N) is 2. The zero-order chi connectivity index (χ0) is 13.4. The molecular weight excluding hydrogens is 226 g/mol. The number of likely N-dealkylation sites (N-methyl/N-ethyl adjacent to an activating group) is 1. The molecule has 1 aliphatic heterocycles. The minimum atomic E-state index is 0.330. The summed E-state index contributed by atoms with van der Waals surface area (Å²) in [7, 11) is 6.34. The van der Waals surface area contributed by atoms with Gasteiger partial charge < -0.3 is 19.9 Å². The van der Waals surface area contributed by atoms with Crippen LogP contribution < -0.4 is 5.32 Å². The van der Waals surface area contributed by atoms with Crippen molar-refractivity contribution < 1.29 is 4.74 Å². The predicted octanol–water partition coefficient (Wildman–Crippen LogP) is 0.886. The Kier molecular flexibility index (Phi) is 7.15. The lowest BCUT2D eigenvalue weighted by Crippen LogP contribution is -2.46. The van der Waals surface area contributed by atoms with E-state index in [0.29, 0.717) is 5.41 Å². The molecule has 0 bridgehead atoms. The molecule has 1 N–H and O–H groups in total. The van der Waals surface area contributed by atoms with Crippen molar-refractivity contribution in [2.75, 3.05) is 67.1 Å². The maximum Gasteiger partial charge on any atom is 0.0547 e. The van der Waals surface area contributed by atoms with Crippen LogP contribution in [-0.4, -0.2) is 76.9 Å². The van der Waals surface area contributed by atoms with Crippen molar-refractivity contribution in [3.05, 3.63) is 0 Å². The molecule has 1 saturated heterocycles. The lowest BCUT2D eigenvalue weighted by atomic mass is 9.86. The summed E-state index contributed by atoms with van der Waals surface area (Å²) in [6.07, 6.45) is 2.42. The van der Waals surface area contributed by atoms with Gasteiger partial charge >= 0.3 is 0 Å². The topological polar surface area (TPSA) is 27.7 Å². The van der Waals surface area contributed by atoms with Crippen LogP contribution in [-0.2, 0) is 4.74 Å². The Balaban J connectivity index is 2.50. The molecule has 0 aliphatic carbocycles. The quantitative estimate of drug-likeness (QED) is 0.664. The first-order valence-electron chi connectivity index (χ1n) is 7.21. The Morgan fingerprint density at radius 1 is 1.22 bits per heavy atom. The van der Waals surface area contributed by atoms with Crippen LogP contribution in [0, 0.1) is 5.41 Å². The van der Waals surface area contributed by atoms with Crippen molar-refractivity contribution in [3.63, 3.8) is 0 Å². The third-order valence-corrected chi connectivity index (χ3v) is 3.70. The first-order valence-corrected chi connectivity index (χ1v) is 7.21. The lowest BCUT2D eigenvalue weighted by Gasteiger charge is -2.34. The molecule has 0 aromatic rings. The van der Waals surface area contributed by atoms with Crippen LogP contribution in [0.5, 0.6) is 0 Å². The van der Waals surface area contributed by atoms with Crippen LogP contribution in [0.2, 0.25) is 0 Å². The summed E-state index contributed by atoms with van der Waals surface area (Å²) in [6, 6.07) is 0. The van der Waals surface area contributed by atoms with Crippen LogP contribution in [0.25, 0.3) is 0 Å². The van der Waals surface area contributed by atoms with Gasteiger partial charge in [-0.25, -0.2) is 0 Å². The number of rotatable bonds is 9. The molecule has 1 unspecified atom stereocenters. The molecule has 4 nitrogen and oxygen atoms in total. The summed E-state index contributed by atoms with van der Waals surface area (Å²) in [6.45, 7) is 9.82. The average molecular weight is 257 g/mol. The van der Waals surface area contributed by atoms with Gasteiger partial charge in [0.25, 0.3) is 0 Å². The van der Waals surface area contributed by atoms with Crippen molar-refractivity contribution in [2.45, 2.75) is 19.8 Å². The van der Waals surface area contributed by atoms with Crippen LogP contribution >= 0.6 is 0 Å². The van der Waals surface area contributed by atoms with Gasteiger partial charge in [0.05, 0.1) is 6.61 Å². The maximum absolute atomic E-state index is 5.64. The highest BCUT2D eigenvalue weighted by molar-refractivity contribution is 4.88. The van der Waals surface area contributed by atoms with E-state index in [1.807, 2.05) is 7.05 Å². The summed E-state index contributed by atoms with van der Waals surface area (Å²) in [4.78, 5) is 4.87. The third kappa shape index (κ3) is 5.22. The molecule has 1 aliphatic rings. The zero-order valence-corrected chi connectivity index (χ0v) is 12.7. The van der Waals surface area contributed by atoms with Gasteiger partial charge in [0.2, 0.25) is 0 Å². The highest BCUT2D eigenvalue weighted by atomic mass is 16.5. The Morgan fingerprint density at radius 3 is 2.50 bits per heavy atom. The first kappa shape index (κ1) is 15.9. The van der Waals surface area contributed by atoms with E-state index in [1.54, 1.807) is 0 Å². The summed E-state index contributed by atoms with van der Waals surface area (Å²) in [5, 5.41) is 3.35. The Morgan fingerprint density at radius 2 is 2.00 bits per heavy atom. The second-order valence-electron chi connectivity index (χ2n) is 5.91. The van der Waals surface area contributed by atoms with Gasteiger partial charge in [-0.1, -0.05) is 6.92 Å². The number of ether oxygens (including phenoxy) is 1. The summed E-state index contributed by atoms with van der Waals surface area (Å²) in [5.41, 5.74) is 0.330. The second-order valence-corrected chi connectivity index (χ2v) is 5.91. The predicted molar refractivity (Wildman–Crippen MR) is 77.1 cm³/mol. The van der Waals surface area contributed by atoms with E-state index < -0.39 is 0 Å². The zero-order valence-electron chi connectivity index (χ0n) is 12.7. The van der Waals surface area contributed by atoms with Gasteiger partial charge in [0.15, 0.2) is 0 Å². The fourth-order valence-electron chi connectivity index (χ4n) is 2.75. The summed E-state index contributed by atoms with van der Waals surface area (Å²) < 4.78 is 5.64. The molecule has 1 fully saturated rings. The lowest BCUT2D eigenvalue weighted by molar-refractivity contribution is 0.105. The molecule has 0 radical (unpaired) electrons. The van der Waals surface area contributed by atoms with Crippen molar-refractivity contribution in [1.29, 1.82) is 0 Å². The molecular formula is C14H31N3O. The summed E-state index contributed by atoms with van der Waals surface area (Å²) in [5.74, 6) is 0. The van der Waals surface area contributed by atoms with E-state index in [-0.39, 0.29) is 0 Å². The van der Waals surface area contributed by atoms with E-state index in [4.69, 9.17) is 4.74 Å². The molecule has 108 valence electrons. The van der Waals surface area contributed by atoms with Crippen LogP contribution in [0.3, 0.4) is 0 Å². The third-order valence-electron chi connectivity index (χ3n) is 3.70. The van der Waals surface area contributed by atoms with Gasteiger partial charge in [-0.15, -0.1) is 0 Å². The molecule has 0 saturated carbocycles. The Hall–Kier alpha value is -0.160. The van der Waals surface area contributed by atoms with E-state index in [1.165, 1.54) is 19.4 Å². The van der Waals surface area contributed by atoms with E-state index >= 15 is 0 Å². The monoisotopic (exact) mass is 257 g/mol. The second kappa shape index (κ2) is 8.10. The normalized spacial score (nSPS) is 24.3. The molecule has 1 rings (SSSR count). The molecule has 4 heteroatoms. The molecule has 0 aromatic carbocycles. The molecule has 1 heterocycles.